The zero-order valence-corrected chi connectivity index (χ0v) is 11.5. The van der Waals surface area contributed by atoms with Crippen LogP contribution in [0, 0.1) is 0 Å². The highest BCUT2D eigenvalue weighted by molar-refractivity contribution is 5.38. The molecule has 22 heavy (non-hydrogen) atoms. The highest BCUT2D eigenvalue weighted by atomic mass is 19.4. The minimum atomic E-state index is -4.57. The lowest BCUT2D eigenvalue weighted by Crippen LogP contribution is -2.61. The van der Waals surface area contributed by atoms with E-state index in [9.17, 15) is 23.4 Å². The number of nitrogens with one attached hydrogen (secondary N) is 1. The van der Waals surface area contributed by atoms with Crippen molar-refractivity contribution >= 4 is 5.82 Å². The van der Waals surface area contributed by atoms with Gasteiger partial charge in [0, 0.05) is 0 Å². The number of alkyl halides is 3. The van der Waals surface area contributed by atoms with Crippen molar-refractivity contribution in [2.45, 2.75) is 43.2 Å². The van der Waals surface area contributed by atoms with Crippen molar-refractivity contribution in [1.82, 2.24) is 4.98 Å². The van der Waals surface area contributed by atoms with Crippen molar-refractivity contribution in [2.75, 3.05) is 11.9 Å². The van der Waals surface area contributed by atoms with Gasteiger partial charge in [0.25, 0.3) is 0 Å². The lowest BCUT2D eigenvalue weighted by molar-refractivity contribution is -0.208. The van der Waals surface area contributed by atoms with Gasteiger partial charge in [-0.3, -0.25) is 0 Å². The predicted molar refractivity (Wildman–Crippen MR) is 67.9 cm³/mol. The van der Waals surface area contributed by atoms with Gasteiger partial charge in [0.15, 0.2) is 6.29 Å². The number of anilines is 1. The summed E-state index contributed by atoms with van der Waals surface area (Å²) in [5.41, 5.74) is -2.08. The van der Waals surface area contributed by atoms with Gasteiger partial charge in [-0.25, -0.2) is 4.98 Å². The molecule has 3 N–H and O–H groups in total. The monoisotopic (exact) mass is 320 g/mol. The Labute approximate surface area is 123 Å². The number of hydrogen-bond donors (Lipinski definition) is 3. The molecule has 2 bridgehead atoms. The highest BCUT2D eigenvalue weighted by Crippen LogP contribution is 2.37. The van der Waals surface area contributed by atoms with Gasteiger partial charge < -0.3 is 25.0 Å². The van der Waals surface area contributed by atoms with E-state index in [-0.39, 0.29) is 12.4 Å². The van der Waals surface area contributed by atoms with Gasteiger partial charge in [-0.15, -0.1) is 0 Å². The van der Waals surface area contributed by atoms with Crippen LogP contribution in [-0.2, 0) is 15.7 Å². The van der Waals surface area contributed by atoms with Gasteiger partial charge in [-0.1, -0.05) is 6.07 Å². The van der Waals surface area contributed by atoms with E-state index in [1.165, 1.54) is 12.1 Å². The lowest BCUT2D eigenvalue weighted by Gasteiger charge is -2.41. The zero-order chi connectivity index (χ0) is 16.1. The largest absolute Gasteiger partial charge is 0.433 e. The molecule has 0 radical (unpaired) electrons. The molecule has 0 saturated carbocycles. The van der Waals surface area contributed by atoms with Crippen molar-refractivity contribution in [2.24, 2.45) is 0 Å². The smallest absolute Gasteiger partial charge is 0.388 e. The Morgan fingerprint density at radius 3 is 2.77 bits per heavy atom. The number of fused-ring (bicyclic) bond motifs is 2. The molecule has 0 aliphatic carbocycles. The molecule has 0 spiro atoms. The van der Waals surface area contributed by atoms with Gasteiger partial charge in [0.1, 0.15) is 35.4 Å². The van der Waals surface area contributed by atoms with Gasteiger partial charge >= 0.3 is 6.18 Å². The van der Waals surface area contributed by atoms with Crippen LogP contribution in [0.1, 0.15) is 12.6 Å². The Hall–Kier alpha value is -1.42. The molecule has 0 unspecified atom stereocenters. The molecular weight excluding hydrogens is 305 g/mol. The highest BCUT2D eigenvalue weighted by Gasteiger charge is 2.56. The molecule has 2 fully saturated rings. The molecule has 0 aromatic carbocycles. The molecule has 2 aliphatic heterocycles. The fourth-order valence-electron chi connectivity index (χ4n) is 2.63. The maximum atomic E-state index is 12.7. The molecule has 3 rings (SSSR count). The minimum absolute atomic E-state index is 0.0874. The maximum Gasteiger partial charge on any atom is 0.433 e. The molecule has 2 aliphatic rings. The van der Waals surface area contributed by atoms with Gasteiger partial charge in [-0.2, -0.15) is 13.2 Å². The van der Waals surface area contributed by atoms with Crippen molar-refractivity contribution in [1.29, 1.82) is 0 Å². The number of halogens is 3. The molecule has 5 atom stereocenters. The Bertz CT molecular complexity index is 570. The van der Waals surface area contributed by atoms with Crippen LogP contribution in [0.25, 0.3) is 0 Å². The van der Waals surface area contributed by atoms with Crippen LogP contribution < -0.4 is 5.32 Å². The van der Waals surface area contributed by atoms with Crippen LogP contribution in [-0.4, -0.2) is 51.9 Å². The van der Waals surface area contributed by atoms with Crippen molar-refractivity contribution < 1.29 is 32.9 Å². The number of rotatable bonds is 2. The summed E-state index contributed by atoms with van der Waals surface area (Å²) in [6.45, 7) is 1.68. The molecular formula is C13H15F3N2O4. The third-order valence-corrected chi connectivity index (χ3v) is 3.88. The van der Waals surface area contributed by atoms with E-state index in [0.29, 0.717) is 0 Å². The average molecular weight is 320 g/mol. The summed E-state index contributed by atoms with van der Waals surface area (Å²) in [4.78, 5) is 3.46. The van der Waals surface area contributed by atoms with E-state index < -0.39 is 42.0 Å². The first-order valence-corrected chi connectivity index (χ1v) is 6.67. The molecule has 9 heteroatoms. The van der Waals surface area contributed by atoms with Crippen LogP contribution in [0.3, 0.4) is 0 Å². The lowest BCUT2D eigenvalue weighted by atomic mass is 9.89. The second-order valence-corrected chi connectivity index (χ2v) is 5.62. The average Bonchev–Trinajstić information content (AvgIpc) is 2.82. The summed E-state index contributed by atoms with van der Waals surface area (Å²) in [6.07, 6.45) is -7.93. The number of aromatic nitrogens is 1. The van der Waals surface area contributed by atoms with E-state index in [4.69, 9.17) is 9.47 Å². The SMILES string of the molecule is C[C@@]12CO[C@@H](O1)[C@H](Nc1cccc(C(F)(F)F)n1)[C@@H](O)[C@H]2O. The molecule has 122 valence electrons. The summed E-state index contributed by atoms with van der Waals surface area (Å²) in [6, 6.07) is 2.44. The van der Waals surface area contributed by atoms with Crippen molar-refractivity contribution in [3.05, 3.63) is 23.9 Å². The summed E-state index contributed by atoms with van der Waals surface area (Å²) in [7, 11) is 0. The quantitative estimate of drug-likeness (QED) is 0.746. The number of aliphatic hydroxyl groups is 2. The van der Waals surface area contributed by atoms with Crippen molar-refractivity contribution in [3.63, 3.8) is 0 Å². The van der Waals surface area contributed by atoms with E-state index >= 15 is 0 Å². The van der Waals surface area contributed by atoms with E-state index in [1.807, 2.05) is 0 Å². The summed E-state index contributed by atoms with van der Waals surface area (Å²) >= 11 is 0. The normalized spacial score (nSPS) is 38.1. The van der Waals surface area contributed by atoms with Crippen LogP contribution in [0.15, 0.2) is 18.2 Å². The second kappa shape index (κ2) is 5.05. The Morgan fingerprint density at radius 1 is 1.36 bits per heavy atom. The Balaban J connectivity index is 1.81. The molecule has 3 heterocycles. The molecule has 1 aromatic rings. The zero-order valence-electron chi connectivity index (χ0n) is 11.5. The topological polar surface area (TPSA) is 83.8 Å². The van der Waals surface area contributed by atoms with E-state index in [1.54, 1.807) is 6.92 Å². The molecule has 0 amide bonds. The van der Waals surface area contributed by atoms with Crippen LogP contribution in [0.5, 0.6) is 0 Å². The van der Waals surface area contributed by atoms with Crippen molar-refractivity contribution in [3.8, 4) is 0 Å². The fourth-order valence-corrected chi connectivity index (χ4v) is 2.63. The second-order valence-electron chi connectivity index (χ2n) is 5.62. The number of hydrogen-bond acceptors (Lipinski definition) is 6. The summed E-state index contributed by atoms with van der Waals surface area (Å²) in [5, 5.41) is 22.9. The minimum Gasteiger partial charge on any atom is -0.388 e. The molecule has 6 nitrogen and oxygen atoms in total. The standard InChI is InChI=1S/C13H15F3N2O4/c1-12-5-21-11(22-12)8(9(19)10(12)20)18-7-4-2-3-6(17-7)13(14,15)16/h2-4,8-11,19-20H,5H2,1H3,(H,17,18)/t8-,9-,10-,11+,12+/m1/s1. The molecule has 2 saturated heterocycles. The third kappa shape index (κ3) is 2.54. The van der Waals surface area contributed by atoms with Crippen LogP contribution in [0.2, 0.25) is 0 Å². The van der Waals surface area contributed by atoms with Gasteiger partial charge in [0.05, 0.1) is 6.61 Å². The Kier molecular flexibility index (Phi) is 3.55. The Morgan fingerprint density at radius 2 is 2.09 bits per heavy atom. The van der Waals surface area contributed by atoms with Crippen LogP contribution >= 0.6 is 0 Å². The third-order valence-electron chi connectivity index (χ3n) is 3.88. The molecule has 1 aromatic heterocycles. The first kappa shape index (κ1) is 15.5. The van der Waals surface area contributed by atoms with Crippen LogP contribution in [0.4, 0.5) is 19.0 Å². The van der Waals surface area contributed by atoms with Gasteiger partial charge in [-0.05, 0) is 19.1 Å². The van der Waals surface area contributed by atoms with E-state index in [2.05, 4.69) is 10.3 Å². The summed E-state index contributed by atoms with van der Waals surface area (Å²) < 4.78 is 48.8. The number of aliphatic hydroxyl groups excluding tert-OH is 2. The first-order chi connectivity index (χ1) is 10.2. The van der Waals surface area contributed by atoms with Gasteiger partial charge in [0.2, 0.25) is 0 Å². The number of pyridine rings is 1. The fraction of sp³-hybridized carbons (Fsp3) is 0.615. The maximum absolute atomic E-state index is 12.7. The van der Waals surface area contributed by atoms with E-state index in [0.717, 1.165) is 6.07 Å². The number of ether oxygens (including phenoxy) is 2. The summed E-state index contributed by atoms with van der Waals surface area (Å²) in [5.74, 6) is -0.0891. The number of nitrogens with zero attached hydrogens (tertiary/aromatic N) is 1. The first-order valence-electron chi connectivity index (χ1n) is 6.67. The predicted octanol–water partition coefficient (Wildman–Crippen LogP) is 0.748.